The van der Waals surface area contributed by atoms with Crippen molar-refractivity contribution in [2.24, 2.45) is 5.92 Å². The molecule has 1 amide bonds. The third-order valence-electron chi connectivity index (χ3n) is 5.05. The number of carbonyl (C=O) groups excluding carboxylic acids is 1. The van der Waals surface area contributed by atoms with Gasteiger partial charge in [-0.1, -0.05) is 30.3 Å². The summed E-state index contributed by atoms with van der Waals surface area (Å²) in [6, 6.07) is 13.0. The van der Waals surface area contributed by atoms with Crippen LogP contribution in [0.3, 0.4) is 0 Å². The first kappa shape index (κ1) is 16.5. The Hall–Kier alpha value is -2.97. The summed E-state index contributed by atoms with van der Waals surface area (Å²) in [5, 5.41) is 14.4. The second-order valence-electron chi connectivity index (χ2n) is 6.40. The van der Waals surface area contributed by atoms with E-state index in [2.05, 4.69) is 16.2 Å². The molecular weight excluding hydrogens is 336 g/mol. The lowest BCUT2D eigenvalue weighted by molar-refractivity contribution is -0.385. The lowest BCUT2D eigenvalue weighted by Gasteiger charge is -2.24. The largest absolute Gasteiger partial charge is 0.497 e. The summed E-state index contributed by atoms with van der Waals surface area (Å²) in [6.07, 6.45) is 0. The van der Waals surface area contributed by atoms with Crippen LogP contribution in [0, 0.1) is 16.0 Å². The lowest BCUT2D eigenvalue weighted by atomic mass is 9.83. The van der Waals surface area contributed by atoms with Crippen molar-refractivity contribution >= 4 is 11.6 Å². The normalized spacial score (nSPS) is 27.0. The van der Waals surface area contributed by atoms with E-state index in [0.29, 0.717) is 11.3 Å². The van der Waals surface area contributed by atoms with Crippen LogP contribution < -0.4 is 20.9 Å². The van der Waals surface area contributed by atoms with Gasteiger partial charge in [0.15, 0.2) is 0 Å². The number of hydrogen-bond acceptors (Lipinski definition) is 6. The molecule has 2 aromatic carbocycles. The molecule has 8 nitrogen and oxygen atoms in total. The van der Waals surface area contributed by atoms with Gasteiger partial charge in [-0.15, -0.1) is 0 Å². The molecule has 2 fully saturated rings. The van der Waals surface area contributed by atoms with Crippen LogP contribution in [0.15, 0.2) is 48.5 Å². The second-order valence-corrected chi connectivity index (χ2v) is 6.40. The van der Waals surface area contributed by atoms with Crippen LogP contribution in [0.1, 0.15) is 23.2 Å². The average molecular weight is 354 g/mol. The maximum Gasteiger partial charge on any atom is 0.274 e. The Kier molecular flexibility index (Phi) is 4.06. The molecular formula is C18H18N4O4. The minimum absolute atomic E-state index is 0.00902. The number of para-hydroxylation sites is 1. The van der Waals surface area contributed by atoms with E-state index in [0.717, 1.165) is 5.56 Å². The van der Waals surface area contributed by atoms with Gasteiger partial charge in [0.2, 0.25) is 5.91 Å². The molecule has 2 saturated heterocycles. The zero-order valence-corrected chi connectivity index (χ0v) is 14.0. The molecule has 4 rings (SSSR count). The van der Waals surface area contributed by atoms with Crippen molar-refractivity contribution in [2.45, 2.75) is 18.1 Å². The predicted octanol–water partition coefficient (Wildman–Crippen LogP) is 1.61. The van der Waals surface area contributed by atoms with Crippen molar-refractivity contribution in [1.29, 1.82) is 0 Å². The Bertz CT molecular complexity index is 872. The van der Waals surface area contributed by atoms with Crippen LogP contribution in [0.25, 0.3) is 0 Å². The van der Waals surface area contributed by atoms with Crippen molar-refractivity contribution in [3.8, 4) is 5.75 Å². The predicted molar refractivity (Wildman–Crippen MR) is 93.3 cm³/mol. The minimum Gasteiger partial charge on any atom is -0.497 e. The molecule has 2 heterocycles. The molecule has 2 aliphatic rings. The molecule has 0 saturated carbocycles. The van der Waals surface area contributed by atoms with Crippen molar-refractivity contribution in [3.05, 3.63) is 69.8 Å². The number of nitro benzene ring substituents is 1. The van der Waals surface area contributed by atoms with E-state index in [4.69, 9.17) is 4.74 Å². The quantitative estimate of drug-likeness (QED) is 0.569. The van der Waals surface area contributed by atoms with Gasteiger partial charge in [0.1, 0.15) is 11.8 Å². The van der Waals surface area contributed by atoms with Crippen LogP contribution in [0.4, 0.5) is 5.69 Å². The van der Waals surface area contributed by atoms with Gasteiger partial charge in [-0.25, -0.2) is 10.9 Å². The van der Waals surface area contributed by atoms with Crippen LogP contribution in [-0.4, -0.2) is 24.0 Å². The number of nitrogens with one attached hydrogen (secondary N) is 3. The maximum atomic E-state index is 12.4. The molecule has 2 aromatic rings. The molecule has 0 bridgehead atoms. The van der Waals surface area contributed by atoms with E-state index >= 15 is 0 Å². The number of hydrogen-bond donors (Lipinski definition) is 3. The number of benzene rings is 2. The zero-order valence-electron chi connectivity index (χ0n) is 14.0. The summed E-state index contributed by atoms with van der Waals surface area (Å²) >= 11 is 0. The van der Waals surface area contributed by atoms with Crippen molar-refractivity contribution in [1.82, 2.24) is 16.2 Å². The zero-order chi connectivity index (χ0) is 18.3. The molecule has 0 aliphatic carbocycles. The van der Waals surface area contributed by atoms with Crippen LogP contribution in [0.5, 0.6) is 5.75 Å². The first-order chi connectivity index (χ1) is 12.6. The van der Waals surface area contributed by atoms with E-state index in [1.165, 1.54) is 6.07 Å². The van der Waals surface area contributed by atoms with Gasteiger partial charge >= 0.3 is 0 Å². The summed E-state index contributed by atoms with van der Waals surface area (Å²) in [7, 11) is 1.60. The first-order valence-corrected chi connectivity index (χ1v) is 8.29. The van der Waals surface area contributed by atoms with Crippen LogP contribution in [0.2, 0.25) is 0 Å². The highest BCUT2D eigenvalue weighted by Gasteiger charge is 2.52. The molecule has 26 heavy (non-hydrogen) atoms. The third-order valence-corrected chi connectivity index (χ3v) is 5.05. The topological polar surface area (TPSA) is 106 Å². The Morgan fingerprint density at radius 2 is 1.81 bits per heavy atom. The van der Waals surface area contributed by atoms with E-state index < -0.39 is 17.0 Å². The SMILES string of the molecule is COc1cccc(C2NNC3C(=O)NC(c4ccccc4[N+](=O)[O-])C32)c1. The summed E-state index contributed by atoms with van der Waals surface area (Å²) in [5.74, 6) is 0.332. The summed E-state index contributed by atoms with van der Waals surface area (Å²) < 4.78 is 5.29. The first-order valence-electron chi connectivity index (χ1n) is 8.29. The molecule has 134 valence electrons. The van der Waals surface area contributed by atoms with Crippen molar-refractivity contribution in [2.75, 3.05) is 7.11 Å². The van der Waals surface area contributed by atoms with Crippen molar-refractivity contribution < 1.29 is 14.5 Å². The molecule has 0 radical (unpaired) electrons. The number of amides is 1. The number of hydrazine groups is 1. The number of fused-ring (bicyclic) bond motifs is 1. The van der Waals surface area contributed by atoms with Gasteiger partial charge in [-0.05, 0) is 17.7 Å². The molecule has 3 N–H and O–H groups in total. The number of ether oxygens (including phenoxy) is 1. The Morgan fingerprint density at radius 3 is 2.58 bits per heavy atom. The highest BCUT2D eigenvalue weighted by molar-refractivity contribution is 5.86. The van der Waals surface area contributed by atoms with Gasteiger partial charge in [0.05, 0.1) is 29.7 Å². The molecule has 0 aromatic heterocycles. The number of carbonyl (C=O) groups is 1. The Labute approximate surface area is 149 Å². The highest BCUT2D eigenvalue weighted by Crippen LogP contribution is 2.44. The van der Waals surface area contributed by atoms with Crippen molar-refractivity contribution in [3.63, 3.8) is 0 Å². The minimum atomic E-state index is -0.465. The standard InChI is InChI=1S/C18H18N4O4/c1-26-11-6-4-5-10(9-11)15-14-16(19-18(23)17(14)21-20-15)12-7-2-3-8-13(12)22(24)25/h2-9,14-17,20-21H,1H3,(H,19,23). The molecule has 4 unspecified atom stereocenters. The highest BCUT2D eigenvalue weighted by atomic mass is 16.6. The lowest BCUT2D eigenvalue weighted by Crippen LogP contribution is -2.39. The summed E-state index contributed by atoms with van der Waals surface area (Å²) in [4.78, 5) is 23.4. The number of rotatable bonds is 4. The molecule has 0 spiro atoms. The van der Waals surface area contributed by atoms with E-state index in [-0.39, 0.29) is 23.6 Å². The van der Waals surface area contributed by atoms with Gasteiger partial charge in [-0.2, -0.15) is 0 Å². The fourth-order valence-electron chi connectivity index (χ4n) is 3.87. The second kappa shape index (κ2) is 6.40. The smallest absolute Gasteiger partial charge is 0.274 e. The summed E-state index contributed by atoms with van der Waals surface area (Å²) in [5.41, 5.74) is 7.67. The summed E-state index contributed by atoms with van der Waals surface area (Å²) in [6.45, 7) is 0. The fraction of sp³-hybridized carbons (Fsp3) is 0.278. The monoisotopic (exact) mass is 354 g/mol. The van der Waals surface area contributed by atoms with E-state index in [1.807, 2.05) is 24.3 Å². The number of nitrogens with zero attached hydrogens (tertiary/aromatic N) is 1. The third kappa shape index (κ3) is 2.59. The fourth-order valence-corrected chi connectivity index (χ4v) is 3.87. The Balaban J connectivity index is 1.75. The van der Waals surface area contributed by atoms with E-state index in [9.17, 15) is 14.9 Å². The number of methoxy groups -OCH3 is 1. The average Bonchev–Trinajstić information content (AvgIpc) is 3.23. The Morgan fingerprint density at radius 1 is 1.04 bits per heavy atom. The molecule has 2 aliphatic heterocycles. The van der Waals surface area contributed by atoms with Crippen LogP contribution in [-0.2, 0) is 4.79 Å². The van der Waals surface area contributed by atoms with Gasteiger partial charge < -0.3 is 10.1 Å². The molecule has 8 heteroatoms. The maximum absolute atomic E-state index is 12.4. The molecule has 4 atom stereocenters. The number of nitro groups is 1. The van der Waals surface area contributed by atoms with Gasteiger partial charge in [0, 0.05) is 12.0 Å². The van der Waals surface area contributed by atoms with Gasteiger partial charge in [-0.3, -0.25) is 14.9 Å². The van der Waals surface area contributed by atoms with Crippen LogP contribution >= 0.6 is 0 Å². The van der Waals surface area contributed by atoms with Gasteiger partial charge in [0.25, 0.3) is 5.69 Å². The van der Waals surface area contributed by atoms with E-state index in [1.54, 1.807) is 25.3 Å².